The van der Waals surface area contributed by atoms with Crippen LogP contribution in [0.1, 0.15) is 30.1 Å². The summed E-state index contributed by atoms with van der Waals surface area (Å²) in [6.45, 7) is 3.86. The zero-order valence-corrected chi connectivity index (χ0v) is 14.9. The van der Waals surface area contributed by atoms with Crippen molar-refractivity contribution in [1.29, 1.82) is 0 Å². The fraction of sp³-hybridized carbons (Fsp3) is 0.533. The molecule has 0 radical (unpaired) electrons. The molecular formula is C15H19Br2NO2. The van der Waals surface area contributed by atoms with Crippen molar-refractivity contribution in [3.05, 3.63) is 28.2 Å². The van der Waals surface area contributed by atoms with Crippen LogP contribution in [-0.4, -0.2) is 35.8 Å². The van der Waals surface area contributed by atoms with Crippen LogP contribution >= 0.6 is 31.9 Å². The highest BCUT2D eigenvalue weighted by Gasteiger charge is 2.26. The minimum Gasteiger partial charge on any atom is -0.496 e. The third-order valence-electron chi connectivity index (χ3n) is 3.88. The van der Waals surface area contributed by atoms with Crippen molar-refractivity contribution in [2.24, 2.45) is 5.92 Å². The lowest BCUT2D eigenvalue weighted by molar-refractivity contribution is 0.0691. The Bertz CT molecular complexity index is 483. The van der Waals surface area contributed by atoms with Crippen LogP contribution in [0, 0.1) is 5.92 Å². The second kappa shape index (κ2) is 6.94. The molecule has 1 amide bonds. The van der Waals surface area contributed by atoms with Crippen LogP contribution < -0.4 is 4.74 Å². The fourth-order valence-corrected chi connectivity index (χ4v) is 3.61. The molecule has 1 saturated heterocycles. The van der Waals surface area contributed by atoms with Gasteiger partial charge in [0.15, 0.2) is 0 Å². The number of likely N-dealkylation sites (tertiary alicyclic amines) is 1. The molecule has 1 heterocycles. The zero-order chi connectivity index (χ0) is 14.7. The molecule has 1 unspecified atom stereocenters. The highest BCUT2D eigenvalue weighted by Crippen LogP contribution is 2.28. The van der Waals surface area contributed by atoms with E-state index in [0.29, 0.717) is 16.3 Å². The first-order valence-corrected chi connectivity index (χ1v) is 8.50. The molecule has 1 fully saturated rings. The molecule has 20 heavy (non-hydrogen) atoms. The number of rotatable bonds is 3. The van der Waals surface area contributed by atoms with Crippen molar-refractivity contribution >= 4 is 37.8 Å². The average molecular weight is 405 g/mol. The molecule has 1 aliphatic heterocycles. The maximum absolute atomic E-state index is 12.5. The molecule has 0 N–H and O–H groups in total. The number of benzene rings is 1. The van der Waals surface area contributed by atoms with Crippen molar-refractivity contribution in [3.8, 4) is 5.75 Å². The molecule has 1 atom stereocenters. The number of hydrogen-bond donors (Lipinski definition) is 0. The number of amides is 1. The van der Waals surface area contributed by atoms with Gasteiger partial charge < -0.3 is 9.64 Å². The molecule has 1 aromatic carbocycles. The van der Waals surface area contributed by atoms with E-state index in [1.54, 1.807) is 7.11 Å². The minimum atomic E-state index is 0.106. The fourth-order valence-electron chi connectivity index (χ4n) is 2.54. The van der Waals surface area contributed by atoms with Crippen molar-refractivity contribution in [2.75, 3.05) is 20.2 Å². The molecule has 0 bridgehead atoms. The van der Waals surface area contributed by atoms with E-state index >= 15 is 0 Å². The van der Waals surface area contributed by atoms with Crippen LogP contribution in [0.25, 0.3) is 0 Å². The Labute approximate surface area is 136 Å². The maximum Gasteiger partial charge on any atom is 0.253 e. The summed E-state index contributed by atoms with van der Waals surface area (Å²) in [5, 5.41) is 0. The van der Waals surface area contributed by atoms with Crippen molar-refractivity contribution in [1.82, 2.24) is 4.90 Å². The molecule has 1 aliphatic rings. The van der Waals surface area contributed by atoms with E-state index < -0.39 is 0 Å². The Balaban J connectivity index is 2.04. The SMILES string of the molecule is COc1ccc(C(=O)N2CCC(C(C)Br)CC2)cc1Br. The summed E-state index contributed by atoms with van der Waals surface area (Å²) < 4.78 is 6.00. The van der Waals surface area contributed by atoms with Gasteiger partial charge in [-0.1, -0.05) is 22.9 Å². The summed E-state index contributed by atoms with van der Waals surface area (Å²) in [5.74, 6) is 1.52. The summed E-state index contributed by atoms with van der Waals surface area (Å²) in [6.07, 6.45) is 2.13. The summed E-state index contributed by atoms with van der Waals surface area (Å²) in [4.78, 5) is 14.9. The van der Waals surface area contributed by atoms with Crippen molar-refractivity contribution < 1.29 is 9.53 Å². The normalized spacial score (nSPS) is 17.9. The van der Waals surface area contributed by atoms with Gasteiger partial charge in [-0.3, -0.25) is 4.79 Å². The average Bonchev–Trinajstić information content (AvgIpc) is 2.46. The summed E-state index contributed by atoms with van der Waals surface area (Å²) >= 11 is 7.07. The van der Waals surface area contributed by atoms with Gasteiger partial charge in [0.25, 0.3) is 5.91 Å². The van der Waals surface area contributed by atoms with E-state index in [1.165, 1.54) is 0 Å². The maximum atomic E-state index is 12.5. The second-order valence-electron chi connectivity index (χ2n) is 5.16. The largest absolute Gasteiger partial charge is 0.496 e. The zero-order valence-electron chi connectivity index (χ0n) is 11.7. The Morgan fingerprint density at radius 1 is 1.40 bits per heavy atom. The topological polar surface area (TPSA) is 29.5 Å². The number of carbonyl (C=O) groups is 1. The molecule has 0 saturated carbocycles. The van der Waals surface area contributed by atoms with Gasteiger partial charge in [-0.15, -0.1) is 0 Å². The van der Waals surface area contributed by atoms with Gasteiger partial charge in [0.05, 0.1) is 11.6 Å². The standard InChI is InChI=1S/C15H19Br2NO2/c1-10(16)11-5-7-18(8-6-11)15(19)12-3-4-14(20-2)13(17)9-12/h3-4,9-11H,5-8H2,1-2H3. The number of hydrogen-bond acceptors (Lipinski definition) is 2. The molecule has 0 spiro atoms. The van der Waals surface area contributed by atoms with E-state index in [2.05, 4.69) is 38.8 Å². The van der Waals surface area contributed by atoms with Crippen LogP contribution in [0.3, 0.4) is 0 Å². The Morgan fingerprint density at radius 2 is 2.05 bits per heavy atom. The van der Waals surface area contributed by atoms with Gasteiger partial charge in [0.1, 0.15) is 5.75 Å². The third kappa shape index (κ3) is 3.55. The van der Waals surface area contributed by atoms with Crippen LogP contribution in [0.4, 0.5) is 0 Å². The first-order valence-electron chi connectivity index (χ1n) is 6.79. The molecule has 3 nitrogen and oxygen atoms in total. The molecule has 110 valence electrons. The summed E-state index contributed by atoms with van der Waals surface area (Å²) in [5.41, 5.74) is 0.711. The predicted octanol–water partition coefficient (Wildman–Crippen LogP) is 4.09. The smallest absolute Gasteiger partial charge is 0.253 e. The highest BCUT2D eigenvalue weighted by atomic mass is 79.9. The Kier molecular flexibility index (Phi) is 5.49. The van der Waals surface area contributed by atoms with Gasteiger partial charge in [0.2, 0.25) is 0 Å². The number of ether oxygens (including phenoxy) is 1. The number of methoxy groups -OCH3 is 1. The van der Waals surface area contributed by atoms with Gasteiger partial charge in [-0.05, 0) is 52.9 Å². The summed E-state index contributed by atoms with van der Waals surface area (Å²) in [7, 11) is 1.62. The number of alkyl halides is 1. The summed E-state index contributed by atoms with van der Waals surface area (Å²) in [6, 6.07) is 5.48. The third-order valence-corrected chi connectivity index (χ3v) is 5.24. The minimum absolute atomic E-state index is 0.106. The Morgan fingerprint density at radius 3 is 2.55 bits per heavy atom. The quantitative estimate of drug-likeness (QED) is 0.710. The first-order chi connectivity index (χ1) is 9.52. The molecule has 0 aromatic heterocycles. The first kappa shape index (κ1) is 15.8. The van der Waals surface area contributed by atoms with Gasteiger partial charge in [-0.2, -0.15) is 0 Å². The monoisotopic (exact) mass is 403 g/mol. The van der Waals surface area contributed by atoms with E-state index in [-0.39, 0.29) is 5.91 Å². The van der Waals surface area contributed by atoms with Crippen molar-refractivity contribution in [2.45, 2.75) is 24.6 Å². The van der Waals surface area contributed by atoms with Crippen LogP contribution in [-0.2, 0) is 0 Å². The Hall–Kier alpha value is -0.550. The number of piperidine rings is 1. The number of carbonyl (C=O) groups excluding carboxylic acids is 1. The van der Waals surface area contributed by atoms with Crippen LogP contribution in [0.5, 0.6) is 5.75 Å². The van der Waals surface area contributed by atoms with Gasteiger partial charge in [-0.25, -0.2) is 0 Å². The lowest BCUT2D eigenvalue weighted by Gasteiger charge is -2.33. The van der Waals surface area contributed by atoms with E-state index in [0.717, 1.165) is 36.2 Å². The molecule has 1 aromatic rings. The lowest BCUT2D eigenvalue weighted by atomic mass is 9.94. The van der Waals surface area contributed by atoms with Crippen LogP contribution in [0.2, 0.25) is 0 Å². The van der Waals surface area contributed by atoms with E-state index in [1.807, 2.05) is 23.1 Å². The van der Waals surface area contributed by atoms with Gasteiger partial charge >= 0.3 is 0 Å². The van der Waals surface area contributed by atoms with Gasteiger partial charge in [0, 0.05) is 23.5 Å². The number of halogens is 2. The molecular weight excluding hydrogens is 386 g/mol. The molecule has 2 rings (SSSR count). The predicted molar refractivity (Wildman–Crippen MR) is 87.7 cm³/mol. The highest BCUT2D eigenvalue weighted by molar-refractivity contribution is 9.10. The number of nitrogens with zero attached hydrogens (tertiary/aromatic N) is 1. The van der Waals surface area contributed by atoms with Crippen LogP contribution in [0.15, 0.2) is 22.7 Å². The second-order valence-corrected chi connectivity index (χ2v) is 7.46. The molecule has 5 heteroatoms. The van der Waals surface area contributed by atoms with E-state index in [4.69, 9.17) is 4.74 Å². The lowest BCUT2D eigenvalue weighted by Crippen LogP contribution is -2.39. The molecule has 0 aliphatic carbocycles. The van der Waals surface area contributed by atoms with E-state index in [9.17, 15) is 4.79 Å². The van der Waals surface area contributed by atoms with Crippen molar-refractivity contribution in [3.63, 3.8) is 0 Å².